The Balaban J connectivity index is 1.95. The molecule has 25 heavy (non-hydrogen) atoms. The van der Waals surface area contributed by atoms with Gasteiger partial charge in [0, 0.05) is 17.9 Å². The molecule has 0 bridgehead atoms. The van der Waals surface area contributed by atoms with Crippen LogP contribution >= 0.6 is 0 Å². The van der Waals surface area contributed by atoms with Gasteiger partial charge in [-0.2, -0.15) is 0 Å². The number of rotatable bonds is 8. The lowest BCUT2D eigenvalue weighted by atomic mass is 9.84. The number of carbonyl (C=O) groups is 1. The van der Waals surface area contributed by atoms with Gasteiger partial charge in [-0.3, -0.25) is 4.79 Å². The highest BCUT2D eigenvalue weighted by Gasteiger charge is 2.30. The number of nitrogens with one attached hydrogen (secondary N) is 1. The van der Waals surface area contributed by atoms with E-state index < -0.39 is 11.5 Å². The lowest BCUT2D eigenvalue weighted by molar-refractivity contribution is -0.130. The maximum Gasteiger partial charge on any atom is 0.226 e. The Morgan fingerprint density at radius 2 is 2.00 bits per heavy atom. The summed E-state index contributed by atoms with van der Waals surface area (Å²) in [6, 6.07) is 11.0. The number of furan rings is 1. The molecular formula is C20H27NO4. The number of methoxy groups -OCH3 is 1. The van der Waals surface area contributed by atoms with E-state index in [-0.39, 0.29) is 11.9 Å². The average molecular weight is 345 g/mol. The molecule has 0 radical (unpaired) electrons. The molecule has 2 aromatic rings. The lowest BCUT2D eigenvalue weighted by Gasteiger charge is -2.27. The number of para-hydroxylation sites is 1. The number of hydrogen-bond acceptors (Lipinski definition) is 4. The Morgan fingerprint density at radius 1 is 1.28 bits per heavy atom. The molecule has 2 unspecified atom stereocenters. The van der Waals surface area contributed by atoms with Crippen LogP contribution in [0.15, 0.2) is 47.1 Å². The average Bonchev–Trinajstić information content (AvgIpc) is 3.09. The molecule has 1 aromatic carbocycles. The van der Waals surface area contributed by atoms with Gasteiger partial charge in [-0.15, -0.1) is 0 Å². The Kier molecular flexibility index (Phi) is 6.26. The molecule has 2 N–H and O–H groups in total. The third-order valence-electron chi connectivity index (χ3n) is 4.27. The molecule has 1 amide bonds. The molecule has 1 aromatic heterocycles. The summed E-state index contributed by atoms with van der Waals surface area (Å²) in [5.74, 6) is 1.23. The summed E-state index contributed by atoms with van der Waals surface area (Å²) in [6.45, 7) is 5.69. The molecule has 0 spiro atoms. The number of ether oxygens (including phenoxy) is 1. The minimum atomic E-state index is -0.734. The van der Waals surface area contributed by atoms with Gasteiger partial charge >= 0.3 is 0 Å². The molecule has 0 aliphatic heterocycles. The molecular weight excluding hydrogens is 318 g/mol. The summed E-state index contributed by atoms with van der Waals surface area (Å²) < 4.78 is 10.6. The fourth-order valence-electron chi connectivity index (χ4n) is 2.82. The molecule has 5 nitrogen and oxygen atoms in total. The van der Waals surface area contributed by atoms with Crippen LogP contribution in [0, 0.1) is 5.41 Å². The second-order valence-corrected chi connectivity index (χ2v) is 7.01. The summed E-state index contributed by atoms with van der Waals surface area (Å²) >= 11 is 0. The largest absolute Gasteiger partial charge is 0.496 e. The minimum absolute atomic E-state index is 0.0578. The number of amides is 1. The van der Waals surface area contributed by atoms with Gasteiger partial charge in [-0.05, 0) is 37.1 Å². The van der Waals surface area contributed by atoms with Crippen LogP contribution in [0.1, 0.15) is 44.6 Å². The predicted octanol–water partition coefficient (Wildman–Crippen LogP) is 3.49. The fourth-order valence-corrected chi connectivity index (χ4v) is 2.82. The van der Waals surface area contributed by atoms with Crippen molar-refractivity contribution in [1.29, 1.82) is 0 Å². The van der Waals surface area contributed by atoms with E-state index in [1.165, 1.54) is 6.26 Å². The Hall–Kier alpha value is -2.27. The second-order valence-electron chi connectivity index (χ2n) is 7.01. The molecule has 0 saturated carbocycles. The lowest BCUT2D eigenvalue weighted by Crippen LogP contribution is -2.43. The van der Waals surface area contributed by atoms with E-state index in [1.54, 1.807) is 19.2 Å². The van der Waals surface area contributed by atoms with E-state index in [9.17, 15) is 9.90 Å². The van der Waals surface area contributed by atoms with Gasteiger partial charge in [0.05, 0.1) is 13.4 Å². The van der Waals surface area contributed by atoms with E-state index in [0.29, 0.717) is 18.6 Å². The van der Waals surface area contributed by atoms with E-state index in [4.69, 9.17) is 9.15 Å². The van der Waals surface area contributed by atoms with E-state index in [2.05, 4.69) is 5.32 Å². The number of hydrogen-bond donors (Lipinski definition) is 2. The monoisotopic (exact) mass is 345 g/mol. The number of aliphatic hydroxyl groups excluding tert-OH is 1. The second kappa shape index (κ2) is 8.21. The molecule has 136 valence electrons. The zero-order valence-electron chi connectivity index (χ0n) is 15.3. The number of carbonyl (C=O) groups excluding carboxylic acids is 1. The van der Waals surface area contributed by atoms with Crippen molar-refractivity contribution < 1.29 is 19.1 Å². The van der Waals surface area contributed by atoms with E-state index in [0.717, 1.165) is 11.3 Å². The Morgan fingerprint density at radius 3 is 2.64 bits per heavy atom. The number of aliphatic hydroxyl groups is 1. The highest BCUT2D eigenvalue weighted by atomic mass is 16.5. The van der Waals surface area contributed by atoms with Crippen molar-refractivity contribution in [2.45, 2.75) is 45.8 Å². The molecule has 0 fully saturated rings. The van der Waals surface area contributed by atoms with Gasteiger partial charge in [0.2, 0.25) is 5.91 Å². The van der Waals surface area contributed by atoms with Crippen LogP contribution in [-0.4, -0.2) is 24.2 Å². The Labute approximate surface area is 149 Å². The molecule has 0 aliphatic carbocycles. The topological polar surface area (TPSA) is 71.7 Å². The van der Waals surface area contributed by atoms with Crippen molar-refractivity contribution in [3.63, 3.8) is 0 Å². The summed E-state index contributed by atoms with van der Waals surface area (Å²) in [5, 5.41) is 13.1. The first kappa shape index (κ1) is 19.1. The zero-order valence-corrected chi connectivity index (χ0v) is 15.3. The molecule has 1 heterocycles. The van der Waals surface area contributed by atoms with Crippen LogP contribution in [0.5, 0.6) is 5.75 Å². The first-order valence-electron chi connectivity index (χ1n) is 8.48. The summed E-state index contributed by atoms with van der Waals surface area (Å²) in [4.78, 5) is 12.7. The molecule has 5 heteroatoms. The van der Waals surface area contributed by atoms with Gasteiger partial charge in [-0.1, -0.05) is 32.0 Å². The molecule has 2 rings (SSSR count). The summed E-state index contributed by atoms with van der Waals surface area (Å²) in [7, 11) is 1.63. The van der Waals surface area contributed by atoms with Crippen LogP contribution < -0.4 is 10.1 Å². The molecule has 0 saturated heterocycles. The van der Waals surface area contributed by atoms with Gasteiger partial charge in [0.25, 0.3) is 0 Å². The highest BCUT2D eigenvalue weighted by molar-refractivity contribution is 5.82. The van der Waals surface area contributed by atoms with E-state index >= 15 is 0 Å². The molecule has 0 aliphatic rings. The third-order valence-corrected chi connectivity index (χ3v) is 4.27. The number of benzene rings is 1. The van der Waals surface area contributed by atoms with Crippen LogP contribution in [0.2, 0.25) is 0 Å². The molecule has 2 atom stereocenters. The van der Waals surface area contributed by atoms with Gasteiger partial charge < -0.3 is 19.6 Å². The fraction of sp³-hybridized carbons (Fsp3) is 0.450. The van der Waals surface area contributed by atoms with Crippen molar-refractivity contribution in [1.82, 2.24) is 5.32 Å². The van der Waals surface area contributed by atoms with Crippen LogP contribution in [0.4, 0.5) is 0 Å². The summed E-state index contributed by atoms with van der Waals surface area (Å²) in [6.07, 6.45) is 1.75. The van der Waals surface area contributed by atoms with Crippen molar-refractivity contribution in [2.75, 3.05) is 7.11 Å². The van der Waals surface area contributed by atoms with Crippen LogP contribution in [-0.2, 0) is 11.2 Å². The van der Waals surface area contributed by atoms with Crippen LogP contribution in [0.3, 0.4) is 0 Å². The van der Waals surface area contributed by atoms with Crippen molar-refractivity contribution in [2.24, 2.45) is 5.41 Å². The predicted molar refractivity (Wildman–Crippen MR) is 96.4 cm³/mol. The van der Waals surface area contributed by atoms with Crippen molar-refractivity contribution >= 4 is 5.91 Å². The Bertz CT molecular complexity index is 679. The van der Waals surface area contributed by atoms with Gasteiger partial charge in [0.15, 0.2) is 0 Å². The minimum Gasteiger partial charge on any atom is -0.496 e. The highest BCUT2D eigenvalue weighted by Crippen LogP contribution is 2.28. The van der Waals surface area contributed by atoms with Crippen molar-refractivity contribution in [3.8, 4) is 5.75 Å². The standard InChI is InChI=1S/C20H27NO4/c1-14(12-16(22)18-10-7-11-25-18)21-19(23)20(2,3)13-15-8-5-6-9-17(15)24-4/h5-11,14,16,22H,12-13H2,1-4H3,(H,21,23). The first-order chi connectivity index (χ1) is 11.8. The maximum atomic E-state index is 12.7. The van der Waals surface area contributed by atoms with Crippen molar-refractivity contribution in [3.05, 3.63) is 54.0 Å². The first-order valence-corrected chi connectivity index (χ1v) is 8.48. The maximum absolute atomic E-state index is 12.7. The SMILES string of the molecule is COc1ccccc1CC(C)(C)C(=O)NC(C)CC(O)c1ccco1. The van der Waals surface area contributed by atoms with Crippen LogP contribution in [0.25, 0.3) is 0 Å². The smallest absolute Gasteiger partial charge is 0.226 e. The van der Waals surface area contributed by atoms with Gasteiger partial charge in [0.1, 0.15) is 17.6 Å². The van der Waals surface area contributed by atoms with E-state index in [1.807, 2.05) is 45.0 Å². The normalized spacial score (nSPS) is 14.0. The quantitative estimate of drug-likeness (QED) is 0.768. The third kappa shape index (κ3) is 5.10. The van der Waals surface area contributed by atoms with Gasteiger partial charge in [-0.25, -0.2) is 0 Å². The zero-order chi connectivity index (χ0) is 18.4. The summed E-state index contributed by atoms with van der Waals surface area (Å²) in [5.41, 5.74) is 0.395.